The van der Waals surface area contributed by atoms with Crippen molar-refractivity contribution in [1.82, 2.24) is 9.55 Å². The molecule has 5 nitrogen and oxygen atoms in total. The van der Waals surface area contributed by atoms with Crippen molar-refractivity contribution in [2.24, 2.45) is 0 Å². The molecule has 0 aliphatic rings. The predicted octanol–water partition coefficient (Wildman–Crippen LogP) is 2.44. The number of carboxylic acid groups (broad SMARTS) is 1. The number of halogens is 1. The minimum atomic E-state index is -1.07. The van der Waals surface area contributed by atoms with Crippen molar-refractivity contribution >= 4 is 23.4 Å². The van der Waals surface area contributed by atoms with Crippen LogP contribution in [0.2, 0.25) is 5.02 Å². The van der Waals surface area contributed by atoms with Crippen LogP contribution in [0.15, 0.2) is 43.0 Å². The molecule has 0 aliphatic heterocycles. The molecule has 0 spiro atoms. The Kier molecular flexibility index (Phi) is 3.97. The van der Waals surface area contributed by atoms with Gasteiger partial charge in [-0.3, -0.25) is 4.79 Å². The third-order valence-electron chi connectivity index (χ3n) is 2.71. The van der Waals surface area contributed by atoms with Gasteiger partial charge in [0.1, 0.15) is 6.04 Å². The number of carboxylic acids is 1. The number of hydrogen-bond acceptors (Lipinski definition) is 3. The summed E-state index contributed by atoms with van der Waals surface area (Å²) in [7, 11) is 0. The highest BCUT2D eigenvalue weighted by Gasteiger charge is 2.23. The van der Waals surface area contributed by atoms with Gasteiger partial charge in [-0.25, -0.2) is 9.78 Å². The number of carbonyl (C=O) groups excluding carboxylic acids is 1. The molecule has 0 aliphatic carbocycles. The van der Waals surface area contributed by atoms with E-state index in [1.165, 1.54) is 23.3 Å². The first-order chi connectivity index (χ1) is 9.08. The molecule has 1 aromatic carbocycles. The Morgan fingerprint density at radius 1 is 1.32 bits per heavy atom. The molecular weight excluding hydrogens is 268 g/mol. The van der Waals surface area contributed by atoms with Crippen LogP contribution in [0.1, 0.15) is 22.8 Å². The molecule has 1 N–H and O–H groups in total. The van der Waals surface area contributed by atoms with Gasteiger partial charge in [0.25, 0.3) is 0 Å². The minimum absolute atomic E-state index is 0.132. The fourth-order valence-corrected chi connectivity index (χ4v) is 1.83. The number of carbonyl (C=O) groups is 2. The van der Waals surface area contributed by atoms with Crippen LogP contribution in [0, 0.1) is 0 Å². The van der Waals surface area contributed by atoms with Gasteiger partial charge in [-0.05, 0) is 24.3 Å². The van der Waals surface area contributed by atoms with Crippen LogP contribution in [0.25, 0.3) is 0 Å². The number of nitrogens with zero attached hydrogens (tertiary/aromatic N) is 2. The average Bonchev–Trinajstić information content (AvgIpc) is 2.89. The number of hydrogen-bond donors (Lipinski definition) is 1. The molecule has 0 unspecified atom stereocenters. The lowest BCUT2D eigenvalue weighted by molar-refractivity contribution is -0.140. The summed E-state index contributed by atoms with van der Waals surface area (Å²) in [4.78, 5) is 27.0. The van der Waals surface area contributed by atoms with E-state index in [9.17, 15) is 9.59 Å². The lowest BCUT2D eigenvalue weighted by atomic mass is 10.0. The van der Waals surface area contributed by atoms with E-state index in [-0.39, 0.29) is 12.2 Å². The van der Waals surface area contributed by atoms with E-state index in [0.717, 1.165) is 0 Å². The lowest BCUT2D eigenvalue weighted by Gasteiger charge is -2.12. The van der Waals surface area contributed by atoms with Gasteiger partial charge in [0, 0.05) is 29.4 Å². The monoisotopic (exact) mass is 278 g/mol. The summed E-state index contributed by atoms with van der Waals surface area (Å²) in [6.45, 7) is 0. The standard InChI is InChI=1S/C13H11ClN2O3/c14-10-3-1-9(2-4-10)12(17)7-11(13(18)19)16-6-5-15-8-16/h1-6,8,11H,7H2,(H,18,19)/t11-/m0/s1. The number of aliphatic carboxylic acids is 1. The second-order valence-corrected chi connectivity index (χ2v) is 4.43. The molecule has 0 amide bonds. The Morgan fingerprint density at radius 2 is 2.00 bits per heavy atom. The van der Waals surface area contributed by atoms with Gasteiger partial charge in [0.05, 0.1) is 6.33 Å². The molecule has 2 aromatic rings. The zero-order valence-corrected chi connectivity index (χ0v) is 10.6. The SMILES string of the molecule is O=C(C[C@@H](C(=O)O)n1ccnc1)c1ccc(Cl)cc1. The van der Waals surface area contributed by atoms with Crippen LogP contribution in [-0.4, -0.2) is 26.4 Å². The van der Waals surface area contributed by atoms with Crippen molar-refractivity contribution in [3.8, 4) is 0 Å². The number of imidazole rings is 1. The number of Topliss-reactive ketones (excluding diaryl/α,β-unsaturated/α-hetero) is 1. The second kappa shape index (κ2) is 5.67. The summed E-state index contributed by atoms with van der Waals surface area (Å²) < 4.78 is 1.40. The van der Waals surface area contributed by atoms with Crippen molar-refractivity contribution in [2.45, 2.75) is 12.5 Å². The van der Waals surface area contributed by atoms with E-state index in [2.05, 4.69) is 4.98 Å². The van der Waals surface area contributed by atoms with Gasteiger partial charge in [-0.2, -0.15) is 0 Å². The molecule has 0 bridgehead atoms. The van der Waals surface area contributed by atoms with Crippen LogP contribution in [0.5, 0.6) is 0 Å². The average molecular weight is 279 g/mol. The largest absolute Gasteiger partial charge is 0.480 e. The maximum Gasteiger partial charge on any atom is 0.327 e. The third-order valence-corrected chi connectivity index (χ3v) is 2.97. The highest BCUT2D eigenvalue weighted by atomic mass is 35.5. The molecule has 98 valence electrons. The van der Waals surface area contributed by atoms with Gasteiger partial charge < -0.3 is 9.67 Å². The van der Waals surface area contributed by atoms with E-state index in [1.807, 2.05) is 0 Å². The van der Waals surface area contributed by atoms with E-state index in [4.69, 9.17) is 16.7 Å². The van der Waals surface area contributed by atoms with Crippen molar-refractivity contribution in [3.63, 3.8) is 0 Å². The molecule has 0 radical (unpaired) electrons. The van der Waals surface area contributed by atoms with Crippen LogP contribution < -0.4 is 0 Å². The minimum Gasteiger partial charge on any atom is -0.480 e. The quantitative estimate of drug-likeness (QED) is 0.853. The first kappa shape index (κ1) is 13.3. The summed E-state index contributed by atoms with van der Waals surface area (Å²) in [5, 5.41) is 9.69. The lowest BCUT2D eigenvalue weighted by Crippen LogP contribution is -2.21. The normalized spacial score (nSPS) is 12.1. The first-order valence-electron chi connectivity index (χ1n) is 5.57. The molecule has 0 fully saturated rings. The van der Waals surface area contributed by atoms with Crippen molar-refractivity contribution in [3.05, 3.63) is 53.6 Å². The Balaban J connectivity index is 2.16. The summed E-state index contributed by atoms with van der Waals surface area (Å²) >= 11 is 5.74. The highest BCUT2D eigenvalue weighted by molar-refractivity contribution is 6.30. The molecule has 19 heavy (non-hydrogen) atoms. The van der Waals surface area contributed by atoms with E-state index >= 15 is 0 Å². The maximum atomic E-state index is 12.0. The van der Waals surface area contributed by atoms with E-state index < -0.39 is 12.0 Å². The van der Waals surface area contributed by atoms with Crippen LogP contribution >= 0.6 is 11.6 Å². The van der Waals surface area contributed by atoms with Crippen LogP contribution in [0.4, 0.5) is 0 Å². The molecule has 0 saturated carbocycles. The van der Waals surface area contributed by atoms with Crippen LogP contribution in [0.3, 0.4) is 0 Å². The van der Waals surface area contributed by atoms with E-state index in [1.54, 1.807) is 24.3 Å². The number of ketones is 1. The Morgan fingerprint density at radius 3 is 2.53 bits per heavy atom. The fraction of sp³-hybridized carbons (Fsp3) is 0.154. The molecule has 1 heterocycles. The maximum absolute atomic E-state index is 12.0. The number of aromatic nitrogens is 2. The van der Waals surface area contributed by atoms with Crippen molar-refractivity contribution in [2.75, 3.05) is 0 Å². The third kappa shape index (κ3) is 3.20. The smallest absolute Gasteiger partial charge is 0.327 e. The fourth-order valence-electron chi connectivity index (χ4n) is 1.70. The van der Waals surface area contributed by atoms with Gasteiger partial charge >= 0.3 is 5.97 Å². The number of benzene rings is 1. The van der Waals surface area contributed by atoms with Gasteiger partial charge in [-0.1, -0.05) is 11.6 Å². The molecule has 6 heteroatoms. The summed E-state index contributed by atoms with van der Waals surface area (Å²) in [5.41, 5.74) is 0.441. The molecule has 2 rings (SSSR count). The van der Waals surface area contributed by atoms with Gasteiger partial charge in [0.15, 0.2) is 5.78 Å². The summed E-state index contributed by atoms with van der Waals surface area (Å²) in [6.07, 6.45) is 4.25. The Bertz CT molecular complexity index is 578. The van der Waals surface area contributed by atoms with Gasteiger partial charge in [-0.15, -0.1) is 0 Å². The zero-order valence-electron chi connectivity index (χ0n) is 9.86. The molecule has 0 saturated heterocycles. The second-order valence-electron chi connectivity index (χ2n) is 4.00. The zero-order chi connectivity index (χ0) is 13.8. The molecule has 1 atom stereocenters. The predicted molar refractivity (Wildman–Crippen MR) is 69.3 cm³/mol. The molecule has 1 aromatic heterocycles. The summed E-state index contributed by atoms with van der Waals surface area (Å²) in [6, 6.07) is 5.41. The van der Waals surface area contributed by atoms with Crippen molar-refractivity contribution in [1.29, 1.82) is 0 Å². The first-order valence-corrected chi connectivity index (χ1v) is 5.94. The Hall–Kier alpha value is -2.14. The topological polar surface area (TPSA) is 72.2 Å². The number of rotatable bonds is 5. The van der Waals surface area contributed by atoms with E-state index in [0.29, 0.717) is 10.6 Å². The Labute approximate surface area is 114 Å². The van der Waals surface area contributed by atoms with Crippen molar-refractivity contribution < 1.29 is 14.7 Å². The highest BCUT2D eigenvalue weighted by Crippen LogP contribution is 2.17. The summed E-state index contributed by atoms with van der Waals surface area (Å²) in [5.74, 6) is -1.32. The van der Waals surface area contributed by atoms with Gasteiger partial charge in [0.2, 0.25) is 0 Å². The molecular formula is C13H11ClN2O3. The van der Waals surface area contributed by atoms with Crippen LogP contribution in [-0.2, 0) is 4.79 Å².